The van der Waals surface area contributed by atoms with Gasteiger partial charge in [0.25, 0.3) is 5.91 Å². The predicted molar refractivity (Wildman–Crippen MR) is 97.4 cm³/mol. The van der Waals surface area contributed by atoms with Gasteiger partial charge in [0, 0.05) is 13.6 Å². The second kappa shape index (κ2) is 6.07. The molecule has 0 bridgehead atoms. The molecule has 3 aliphatic rings. The number of imide groups is 1. The molecule has 0 N–H and O–H groups in total. The lowest BCUT2D eigenvalue weighted by Crippen LogP contribution is -2.63. The van der Waals surface area contributed by atoms with Crippen molar-refractivity contribution in [3.63, 3.8) is 0 Å². The molecule has 1 saturated carbocycles. The standard InChI is InChI=1S/C19H26N5O2/c1-5-11-22-17(25)15-16(21(4)19(22)26)20-18-23(12(2)13(3)24(15)18)14-9-7-6-8-10-14/h5,14-15H,1,6-11H2,2-4H3/q+1. The number of rotatable bonds is 3. The number of imidazole rings is 1. The molecule has 1 atom stereocenters. The van der Waals surface area contributed by atoms with Gasteiger partial charge >= 0.3 is 12.0 Å². The van der Waals surface area contributed by atoms with Gasteiger partial charge < -0.3 is 0 Å². The summed E-state index contributed by atoms with van der Waals surface area (Å²) in [6, 6.07) is -0.478. The van der Waals surface area contributed by atoms with Crippen LogP contribution in [-0.4, -0.2) is 45.7 Å². The molecule has 138 valence electrons. The Kier molecular flexibility index (Phi) is 3.97. The molecular weight excluding hydrogens is 330 g/mol. The summed E-state index contributed by atoms with van der Waals surface area (Å²) >= 11 is 0. The SMILES string of the molecule is C=CCN1C(=O)C2C(=Nc3n(C4CCCCC4)c(C)c(C)[n+]32)N(C)C1=O. The first-order valence-corrected chi connectivity index (χ1v) is 9.38. The number of amidine groups is 1. The zero-order valence-electron chi connectivity index (χ0n) is 15.7. The monoisotopic (exact) mass is 356 g/mol. The molecule has 7 nitrogen and oxygen atoms in total. The molecular formula is C19H26N5O2+. The smallest absolute Gasteiger partial charge is 0.270 e. The summed E-state index contributed by atoms with van der Waals surface area (Å²) in [5.41, 5.74) is 2.21. The van der Waals surface area contributed by atoms with Gasteiger partial charge in [-0.25, -0.2) is 13.9 Å². The van der Waals surface area contributed by atoms with Crippen LogP contribution in [0.1, 0.15) is 55.6 Å². The van der Waals surface area contributed by atoms with E-state index in [4.69, 9.17) is 4.99 Å². The van der Waals surface area contributed by atoms with Crippen LogP contribution in [0.3, 0.4) is 0 Å². The van der Waals surface area contributed by atoms with Gasteiger partial charge in [0.1, 0.15) is 11.4 Å². The van der Waals surface area contributed by atoms with Crippen molar-refractivity contribution in [1.82, 2.24) is 14.4 Å². The van der Waals surface area contributed by atoms with Crippen LogP contribution in [-0.2, 0) is 4.79 Å². The van der Waals surface area contributed by atoms with Gasteiger partial charge in [0.2, 0.25) is 11.9 Å². The molecule has 0 aromatic carbocycles. The first kappa shape index (κ1) is 17.0. The van der Waals surface area contributed by atoms with E-state index in [0.717, 1.165) is 30.2 Å². The summed E-state index contributed by atoms with van der Waals surface area (Å²) in [5.74, 6) is 1.11. The highest BCUT2D eigenvalue weighted by molar-refractivity contribution is 6.19. The lowest BCUT2D eigenvalue weighted by atomic mass is 9.95. The lowest BCUT2D eigenvalue weighted by molar-refractivity contribution is -0.683. The van der Waals surface area contributed by atoms with E-state index in [-0.39, 0.29) is 18.5 Å². The van der Waals surface area contributed by atoms with Gasteiger partial charge in [-0.05, 0) is 39.5 Å². The Morgan fingerprint density at radius 3 is 2.58 bits per heavy atom. The van der Waals surface area contributed by atoms with Gasteiger partial charge in [-0.15, -0.1) is 6.58 Å². The van der Waals surface area contributed by atoms with Crippen LogP contribution in [0.25, 0.3) is 0 Å². The maximum absolute atomic E-state index is 13.1. The van der Waals surface area contributed by atoms with Crippen molar-refractivity contribution >= 4 is 23.7 Å². The van der Waals surface area contributed by atoms with Crippen molar-refractivity contribution in [2.75, 3.05) is 13.6 Å². The molecule has 3 heterocycles. The third-order valence-corrected chi connectivity index (χ3v) is 6.01. The van der Waals surface area contributed by atoms with E-state index in [2.05, 4.69) is 18.1 Å². The van der Waals surface area contributed by atoms with Crippen LogP contribution < -0.4 is 4.57 Å². The van der Waals surface area contributed by atoms with Crippen LogP contribution in [0.4, 0.5) is 10.7 Å². The van der Waals surface area contributed by atoms with Crippen LogP contribution >= 0.6 is 0 Å². The molecule has 26 heavy (non-hydrogen) atoms. The largest absolute Gasteiger partial charge is 0.402 e. The predicted octanol–water partition coefficient (Wildman–Crippen LogP) is 2.56. The van der Waals surface area contributed by atoms with Crippen molar-refractivity contribution in [1.29, 1.82) is 0 Å². The number of hydrogen-bond donors (Lipinski definition) is 0. The average Bonchev–Trinajstić information content (AvgIpc) is 3.14. The van der Waals surface area contributed by atoms with Crippen molar-refractivity contribution in [3.8, 4) is 0 Å². The first-order chi connectivity index (χ1) is 12.5. The quantitative estimate of drug-likeness (QED) is 0.617. The summed E-state index contributed by atoms with van der Waals surface area (Å²) in [4.78, 5) is 33.2. The Balaban J connectivity index is 1.84. The Hall–Kier alpha value is -2.44. The zero-order valence-corrected chi connectivity index (χ0v) is 15.7. The van der Waals surface area contributed by atoms with Crippen LogP contribution in [0.15, 0.2) is 17.6 Å². The topological polar surface area (TPSA) is 61.8 Å². The second-order valence-electron chi connectivity index (χ2n) is 7.45. The molecule has 1 aromatic heterocycles. The number of urea groups is 1. The highest BCUT2D eigenvalue weighted by atomic mass is 16.2. The number of likely N-dealkylation sites (N-methyl/N-ethyl adjacent to an activating group) is 1. The fourth-order valence-electron chi connectivity index (χ4n) is 4.53. The number of nitrogens with zero attached hydrogens (tertiary/aromatic N) is 5. The number of amides is 3. The van der Waals surface area contributed by atoms with Crippen molar-refractivity contribution in [2.45, 2.75) is 58.0 Å². The minimum Gasteiger partial charge on any atom is -0.270 e. The van der Waals surface area contributed by atoms with E-state index in [1.54, 1.807) is 13.1 Å². The summed E-state index contributed by atoms with van der Waals surface area (Å²) in [6.07, 6.45) is 7.61. The van der Waals surface area contributed by atoms with Gasteiger partial charge in [0.05, 0.1) is 6.04 Å². The van der Waals surface area contributed by atoms with E-state index >= 15 is 0 Å². The van der Waals surface area contributed by atoms with Gasteiger partial charge in [-0.3, -0.25) is 14.6 Å². The first-order valence-electron chi connectivity index (χ1n) is 9.38. The second-order valence-corrected chi connectivity index (χ2v) is 7.45. The maximum atomic E-state index is 13.1. The molecule has 0 spiro atoms. The van der Waals surface area contributed by atoms with E-state index in [9.17, 15) is 9.59 Å². The van der Waals surface area contributed by atoms with Crippen molar-refractivity contribution < 1.29 is 14.2 Å². The Morgan fingerprint density at radius 2 is 1.92 bits per heavy atom. The number of carbonyl (C=O) groups excluding carboxylic acids is 2. The van der Waals surface area contributed by atoms with E-state index in [1.807, 2.05) is 11.5 Å². The van der Waals surface area contributed by atoms with E-state index in [1.165, 1.54) is 29.1 Å². The molecule has 0 radical (unpaired) electrons. The van der Waals surface area contributed by atoms with Crippen LogP contribution in [0, 0.1) is 13.8 Å². The summed E-state index contributed by atoms with van der Waals surface area (Å²) in [6.45, 7) is 8.03. The molecule has 3 amide bonds. The summed E-state index contributed by atoms with van der Waals surface area (Å²) in [5, 5.41) is 0. The highest BCUT2D eigenvalue weighted by Gasteiger charge is 2.54. The molecule has 7 heteroatoms. The third-order valence-electron chi connectivity index (χ3n) is 6.01. The van der Waals surface area contributed by atoms with Gasteiger partial charge in [-0.2, -0.15) is 0 Å². The Labute approximate surface area is 153 Å². The molecule has 4 rings (SSSR count). The van der Waals surface area contributed by atoms with Crippen LogP contribution in [0.5, 0.6) is 0 Å². The molecule has 1 aromatic rings. The fraction of sp³-hybridized carbons (Fsp3) is 0.579. The lowest BCUT2D eigenvalue weighted by Gasteiger charge is -2.32. The van der Waals surface area contributed by atoms with E-state index in [0.29, 0.717) is 11.9 Å². The van der Waals surface area contributed by atoms with Gasteiger partial charge in [-0.1, -0.05) is 17.5 Å². The van der Waals surface area contributed by atoms with Gasteiger partial charge in [0.15, 0.2) is 0 Å². The zero-order chi connectivity index (χ0) is 18.6. The van der Waals surface area contributed by atoms with Crippen molar-refractivity contribution in [2.24, 2.45) is 4.99 Å². The number of aliphatic imine (C=N–C) groups is 1. The molecule has 2 aliphatic heterocycles. The minimum atomic E-state index is -0.559. The molecule has 2 fully saturated rings. The third kappa shape index (κ3) is 2.19. The Morgan fingerprint density at radius 1 is 1.23 bits per heavy atom. The Bertz CT molecular complexity index is 831. The van der Waals surface area contributed by atoms with Crippen molar-refractivity contribution in [3.05, 3.63) is 24.0 Å². The molecule has 1 saturated heterocycles. The average molecular weight is 356 g/mol. The summed E-state index contributed by atoms with van der Waals surface area (Å²) < 4.78 is 4.31. The molecule has 1 aliphatic carbocycles. The minimum absolute atomic E-state index is 0.211. The fourth-order valence-corrected chi connectivity index (χ4v) is 4.53. The highest BCUT2D eigenvalue weighted by Crippen LogP contribution is 2.37. The molecule has 1 unspecified atom stereocenters. The van der Waals surface area contributed by atoms with E-state index < -0.39 is 6.04 Å². The normalized spacial score (nSPS) is 23.2. The number of fused-ring (bicyclic) bond motifs is 3. The van der Waals surface area contributed by atoms with Crippen LogP contribution in [0.2, 0.25) is 0 Å². The number of hydrogen-bond acceptors (Lipinski definition) is 3. The summed E-state index contributed by atoms with van der Waals surface area (Å²) in [7, 11) is 1.69. The maximum Gasteiger partial charge on any atom is 0.402 e. The number of carbonyl (C=O) groups is 2. The number of aromatic nitrogens is 2.